The van der Waals surface area contributed by atoms with Gasteiger partial charge in [-0.2, -0.15) is 13.2 Å². The van der Waals surface area contributed by atoms with Gasteiger partial charge in [-0.05, 0) is 50.1 Å². The Morgan fingerprint density at radius 1 is 1.19 bits per heavy atom. The summed E-state index contributed by atoms with van der Waals surface area (Å²) in [6.45, 7) is 6.71. The van der Waals surface area contributed by atoms with Gasteiger partial charge in [-0.3, -0.25) is 9.69 Å². The molecule has 0 atom stereocenters. The first-order valence-corrected chi connectivity index (χ1v) is 11.1. The van der Waals surface area contributed by atoms with E-state index in [2.05, 4.69) is 29.0 Å². The molecule has 176 valence electrons. The first kappa shape index (κ1) is 22.6. The van der Waals surface area contributed by atoms with Gasteiger partial charge >= 0.3 is 6.18 Å². The number of piperidine rings is 1. The zero-order valence-corrected chi connectivity index (χ0v) is 18.7. The summed E-state index contributed by atoms with van der Waals surface area (Å²) in [7, 11) is 1.97. The van der Waals surface area contributed by atoms with Gasteiger partial charge in [0.1, 0.15) is 11.5 Å². The molecular formula is C23H32F3N5O. The second kappa shape index (κ2) is 8.42. The third kappa shape index (κ3) is 3.98. The molecule has 32 heavy (non-hydrogen) atoms. The minimum atomic E-state index is -4.37. The van der Waals surface area contributed by atoms with Crippen LogP contribution in [0.4, 0.5) is 19.0 Å². The Labute approximate surface area is 187 Å². The number of alkyl halides is 3. The number of halogens is 3. The highest BCUT2D eigenvalue weighted by Gasteiger charge is 2.47. The number of pyridine rings is 1. The molecule has 0 saturated carbocycles. The van der Waals surface area contributed by atoms with Gasteiger partial charge in [0.05, 0.1) is 11.1 Å². The van der Waals surface area contributed by atoms with Crippen molar-refractivity contribution >= 4 is 11.7 Å². The van der Waals surface area contributed by atoms with Crippen molar-refractivity contribution in [3.05, 3.63) is 47.4 Å². The lowest BCUT2D eigenvalue weighted by molar-refractivity contribution is -0.144. The number of carbonyl (C=O) groups excluding carboxylic acids is 1. The van der Waals surface area contributed by atoms with Crippen molar-refractivity contribution in [1.29, 1.82) is 0 Å². The van der Waals surface area contributed by atoms with Gasteiger partial charge in [0.25, 0.3) is 5.91 Å². The second-order valence-electron chi connectivity index (χ2n) is 9.17. The van der Waals surface area contributed by atoms with Crippen LogP contribution in [-0.4, -0.2) is 58.5 Å². The summed E-state index contributed by atoms with van der Waals surface area (Å²) >= 11 is 0. The minimum Gasteiger partial charge on any atom is -0.369 e. The molecule has 1 spiro atoms. The van der Waals surface area contributed by atoms with Crippen molar-refractivity contribution in [3.63, 3.8) is 0 Å². The zero-order chi connectivity index (χ0) is 23.1. The van der Waals surface area contributed by atoms with E-state index in [9.17, 15) is 18.0 Å². The lowest BCUT2D eigenvalue weighted by Crippen LogP contribution is -2.56. The number of rotatable bonds is 4. The SMILES string of the molecule is CC(C)CNc1ncccc1C(=O)N1CCC2(CC1)c1ccc(C(F)(F)F)n1CCN2C.[HH]. The molecule has 0 aliphatic carbocycles. The number of fused-ring (bicyclic) bond motifs is 2. The van der Waals surface area contributed by atoms with Crippen LogP contribution in [0.2, 0.25) is 0 Å². The summed E-state index contributed by atoms with van der Waals surface area (Å²) in [4.78, 5) is 21.6. The van der Waals surface area contributed by atoms with Crippen molar-refractivity contribution in [2.45, 2.75) is 44.9 Å². The largest absolute Gasteiger partial charge is 0.431 e. The van der Waals surface area contributed by atoms with Crippen molar-refractivity contribution in [1.82, 2.24) is 19.4 Å². The van der Waals surface area contributed by atoms with E-state index in [-0.39, 0.29) is 7.33 Å². The molecule has 6 nitrogen and oxygen atoms in total. The highest BCUT2D eigenvalue weighted by Crippen LogP contribution is 2.44. The fourth-order valence-corrected chi connectivity index (χ4v) is 4.93. The van der Waals surface area contributed by atoms with Crippen molar-refractivity contribution in [3.8, 4) is 0 Å². The Morgan fingerprint density at radius 2 is 1.91 bits per heavy atom. The molecule has 9 heteroatoms. The molecule has 0 radical (unpaired) electrons. The number of carbonyl (C=O) groups is 1. The maximum absolute atomic E-state index is 13.5. The highest BCUT2D eigenvalue weighted by atomic mass is 19.4. The van der Waals surface area contributed by atoms with E-state index in [1.165, 1.54) is 10.6 Å². The van der Waals surface area contributed by atoms with E-state index in [0.717, 1.165) is 0 Å². The van der Waals surface area contributed by atoms with E-state index in [1.54, 1.807) is 29.3 Å². The van der Waals surface area contributed by atoms with Gasteiger partial charge in [-0.15, -0.1) is 0 Å². The fourth-order valence-electron chi connectivity index (χ4n) is 4.93. The third-order valence-electron chi connectivity index (χ3n) is 6.73. The van der Waals surface area contributed by atoms with Crippen molar-refractivity contribution < 1.29 is 19.4 Å². The van der Waals surface area contributed by atoms with Crippen molar-refractivity contribution in [2.24, 2.45) is 5.92 Å². The molecule has 0 unspecified atom stereocenters. The highest BCUT2D eigenvalue weighted by molar-refractivity contribution is 5.98. The van der Waals surface area contributed by atoms with Crippen LogP contribution in [0.3, 0.4) is 0 Å². The monoisotopic (exact) mass is 451 g/mol. The molecule has 1 N–H and O–H groups in total. The van der Waals surface area contributed by atoms with Crippen LogP contribution in [0.25, 0.3) is 0 Å². The molecule has 4 heterocycles. The predicted molar refractivity (Wildman–Crippen MR) is 119 cm³/mol. The Hall–Kier alpha value is -2.55. The first-order chi connectivity index (χ1) is 15.1. The number of anilines is 1. The normalized spacial score (nSPS) is 18.8. The quantitative estimate of drug-likeness (QED) is 0.754. The van der Waals surface area contributed by atoms with Crippen LogP contribution in [-0.2, 0) is 18.3 Å². The van der Waals surface area contributed by atoms with Crippen LogP contribution in [0.5, 0.6) is 0 Å². The molecule has 2 aliphatic rings. The molecule has 0 aromatic carbocycles. The molecule has 4 rings (SSSR count). The molecule has 1 amide bonds. The number of amides is 1. The van der Waals surface area contributed by atoms with Crippen LogP contribution in [0.15, 0.2) is 30.5 Å². The summed E-state index contributed by atoms with van der Waals surface area (Å²) in [6, 6.07) is 6.33. The van der Waals surface area contributed by atoms with Gasteiger partial charge in [-0.1, -0.05) is 13.8 Å². The maximum atomic E-state index is 13.5. The third-order valence-corrected chi connectivity index (χ3v) is 6.73. The molecule has 2 aromatic rings. The van der Waals surface area contributed by atoms with Gasteiger partial charge < -0.3 is 14.8 Å². The van der Waals surface area contributed by atoms with Gasteiger partial charge in [0, 0.05) is 46.0 Å². The standard InChI is InChI=1S/C23H30F3N5O.H2/c1-16(2)15-28-20-17(5-4-10-27-20)21(32)30-11-8-22(9-12-30)18-6-7-19(23(24,25)26)31(18)14-13-29(22)3;/h4-7,10,16H,8-9,11-15H2,1-3H3,(H,27,28);1H. The van der Waals surface area contributed by atoms with Crippen LogP contribution in [0.1, 0.15) is 49.9 Å². The molecule has 0 bridgehead atoms. The average Bonchev–Trinajstić information content (AvgIpc) is 3.21. The van der Waals surface area contributed by atoms with E-state index in [1.807, 2.05) is 7.05 Å². The fraction of sp³-hybridized carbons (Fsp3) is 0.565. The topological polar surface area (TPSA) is 53.4 Å². The summed E-state index contributed by atoms with van der Waals surface area (Å²) in [6.07, 6.45) is -1.53. The average molecular weight is 452 g/mol. The Balaban J connectivity index is 0.00000306. The smallest absolute Gasteiger partial charge is 0.369 e. The molecule has 2 aliphatic heterocycles. The number of aromatic nitrogens is 2. The zero-order valence-electron chi connectivity index (χ0n) is 18.7. The number of likely N-dealkylation sites (N-methyl/N-ethyl adjacent to an activating group) is 1. The van der Waals surface area contributed by atoms with E-state index < -0.39 is 17.4 Å². The predicted octanol–water partition coefficient (Wildman–Crippen LogP) is 4.29. The summed E-state index contributed by atoms with van der Waals surface area (Å²) in [5.41, 5.74) is 0.150. The first-order valence-electron chi connectivity index (χ1n) is 11.1. The van der Waals surface area contributed by atoms with E-state index in [4.69, 9.17) is 0 Å². The van der Waals surface area contributed by atoms with Crippen LogP contribution >= 0.6 is 0 Å². The van der Waals surface area contributed by atoms with Gasteiger partial charge in [-0.25, -0.2) is 4.98 Å². The molecule has 2 aromatic heterocycles. The van der Waals surface area contributed by atoms with E-state index in [0.29, 0.717) is 68.6 Å². The number of hydrogen-bond donors (Lipinski definition) is 1. The minimum absolute atomic E-state index is 0. The molecule has 1 saturated heterocycles. The van der Waals surface area contributed by atoms with Gasteiger partial charge in [0.2, 0.25) is 0 Å². The summed E-state index contributed by atoms with van der Waals surface area (Å²) < 4.78 is 41.8. The Bertz CT molecular complexity index is 983. The lowest BCUT2D eigenvalue weighted by Gasteiger charge is -2.50. The molecule has 1 fully saturated rings. The maximum Gasteiger partial charge on any atom is 0.431 e. The number of nitrogens with one attached hydrogen (secondary N) is 1. The van der Waals surface area contributed by atoms with Crippen LogP contribution < -0.4 is 5.32 Å². The van der Waals surface area contributed by atoms with E-state index >= 15 is 0 Å². The van der Waals surface area contributed by atoms with Crippen molar-refractivity contribution in [2.75, 3.05) is 38.5 Å². The number of hydrogen-bond acceptors (Lipinski definition) is 4. The Morgan fingerprint density at radius 3 is 2.56 bits per heavy atom. The van der Waals surface area contributed by atoms with Gasteiger partial charge in [0.15, 0.2) is 0 Å². The second-order valence-corrected chi connectivity index (χ2v) is 9.17. The summed E-state index contributed by atoms with van der Waals surface area (Å²) in [5.74, 6) is 0.892. The number of likely N-dealkylation sites (tertiary alicyclic amines) is 1. The number of nitrogens with zero attached hydrogens (tertiary/aromatic N) is 4. The Kier molecular flexibility index (Phi) is 5.96. The van der Waals surface area contributed by atoms with Crippen LogP contribution in [0, 0.1) is 5.92 Å². The molecular weight excluding hydrogens is 419 g/mol. The summed E-state index contributed by atoms with van der Waals surface area (Å²) in [5, 5.41) is 3.25. The lowest BCUT2D eigenvalue weighted by atomic mass is 9.81.